The lowest BCUT2D eigenvalue weighted by Crippen LogP contribution is -2.20. The molecule has 1 atom stereocenters. The average molecular weight is 413 g/mol. The van der Waals surface area contributed by atoms with Crippen LogP contribution in [0.1, 0.15) is 17.2 Å². The smallest absolute Gasteiger partial charge is 0.226 e. The molecule has 6 nitrogen and oxygen atoms in total. The highest BCUT2D eigenvalue weighted by Gasteiger charge is 2.26. The van der Waals surface area contributed by atoms with Crippen molar-refractivity contribution in [1.29, 1.82) is 0 Å². The number of rotatable bonds is 4. The summed E-state index contributed by atoms with van der Waals surface area (Å²) >= 11 is 3.48. The van der Waals surface area contributed by atoms with Crippen LogP contribution in [0.3, 0.4) is 0 Å². The number of benzene rings is 2. The van der Waals surface area contributed by atoms with Gasteiger partial charge in [0.2, 0.25) is 5.95 Å². The number of halogens is 1. The molecule has 132 valence electrons. The van der Waals surface area contributed by atoms with Crippen molar-refractivity contribution in [2.75, 3.05) is 19.5 Å². The van der Waals surface area contributed by atoms with Gasteiger partial charge in [0, 0.05) is 15.7 Å². The van der Waals surface area contributed by atoms with E-state index in [9.17, 15) is 0 Å². The van der Waals surface area contributed by atoms with E-state index in [0.29, 0.717) is 5.95 Å². The maximum atomic E-state index is 5.57. The third kappa shape index (κ3) is 2.94. The van der Waals surface area contributed by atoms with Gasteiger partial charge < -0.3 is 14.8 Å². The fourth-order valence-corrected chi connectivity index (χ4v) is 3.29. The average Bonchev–Trinajstić information content (AvgIpc) is 3.16. The van der Waals surface area contributed by atoms with Gasteiger partial charge in [-0.25, -0.2) is 4.68 Å². The lowest BCUT2D eigenvalue weighted by Gasteiger charge is -2.25. The van der Waals surface area contributed by atoms with E-state index in [1.165, 1.54) is 0 Å². The van der Waals surface area contributed by atoms with Gasteiger partial charge in [0.25, 0.3) is 0 Å². The summed E-state index contributed by atoms with van der Waals surface area (Å²) in [7, 11) is 3.31. The minimum atomic E-state index is -0.169. The van der Waals surface area contributed by atoms with Gasteiger partial charge in [-0.15, -0.1) is 0 Å². The van der Waals surface area contributed by atoms with Gasteiger partial charge in [-0.3, -0.25) is 0 Å². The van der Waals surface area contributed by atoms with Crippen molar-refractivity contribution < 1.29 is 9.47 Å². The van der Waals surface area contributed by atoms with Crippen LogP contribution in [0.25, 0.3) is 5.70 Å². The maximum Gasteiger partial charge on any atom is 0.226 e. The second-order valence-corrected chi connectivity index (χ2v) is 6.71. The number of hydrogen-bond acceptors (Lipinski definition) is 5. The molecule has 0 amide bonds. The number of ether oxygens (including phenoxy) is 2. The Labute approximate surface area is 159 Å². The highest BCUT2D eigenvalue weighted by molar-refractivity contribution is 9.10. The van der Waals surface area contributed by atoms with Crippen LogP contribution in [-0.2, 0) is 0 Å². The zero-order chi connectivity index (χ0) is 18.1. The Morgan fingerprint density at radius 2 is 1.88 bits per heavy atom. The van der Waals surface area contributed by atoms with Gasteiger partial charge in [-0.2, -0.15) is 10.1 Å². The molecule has 0 spiro atoms. The normalized spacial score (nSPS) is 15.7. The Morgan fingerprint density at radius 3 is 2.62 bits per heavy atom. The van der Waals surface area contributed by atoms with E-state index in [0.717, 1.165) is 32.8 Å². The predicted octanol–water partition coefficient (Wildman–Crippen LogP) is 4.11. The third-order valence-corrected chi connectivity index (χ3v) is 4.85. The first kappa shape index (κ1) is 16.7. The summed E-state index contributed by atoms with van der Waals surface area (Å²) in [6.07, 6.45) is 3.66. The molecule has 1 aromatic heterocycles. The third-order valence-electron chi connectivity index (χ3n) is 4.32. The van der Waals surface area contributed by atoms with E-state index < -0.39 is 0 Å². The maximum absolute atomic E-state index is 5.57. The Morgan fingerprint density at radius 1 is 1.08 bits per heavy atom. The molecule has 7 heteroatoms. The summed E-state index contributed by atoms with van der Waals surface area (Å²) in [6, 6.07) is 13.7. The molecular formula is C19H17BrN4O2. The summed E-state index contributed by atoms with van der Waals surface area (Å²) in [4.78, 5) is 4.34. The number of anilines is 1. The molecule has 2 aromatic carbocycles. The molecule has 4 rings (SSSR count). The Balaban J connectivity index is 1.85. The molecule has 1 N–H and O–H groups in total. The molecule has 1 unspecified atom stereocenters. The van der Waals surface area contributed by atoms with E-state index in [1.54, 1.807) is 20.5 Å². The molecule has 1 aliphatic heterocycles. The van der Waals surface area contributed by atoms with Crippen LogP contribution in [-0.4, -0.2) is 29.0 Å². The largest absolute Gasteiger partial charge is 0.497 e. The minimum absolute atomic E-state index is 0.169. The first-order valence-corrected chi connectivity index (χ1v) is 8.85. The molecule has 26 heavy (non-hydrogen) atoms. The summed E-state index contributed by atoms with van der Waals surface area (Å²) in [5.74, 6) is 2.21. The first-order valence-electron chi connectivity index (χ1n) is 8.06. The van der Waals surface area contributed by atoms with E-state index in [-0.39, 0.29) is 6.04 Å². The predicted molar refractivity (Wildman–Crippen MR) is 103 cm³/mol. The molecule has 1 aliphatic rings. The number of hydrogen-bond donors (Lipinski definition) is 1. The van der Waals surface area contributed by atoms with Gasteiger partial charge in [0.05, 0.1) is 14.2 Å². The van der Waals surface area contributed by atoms with E-state index in [1.807, 2.05) is 35.0 Å². The highest BCUT2D eigenvalue weighted by atomic mass is 79.9. The minimum Gasteiger partial charge on any atom is -0.497 e. The highest BCUT2D eigenvalue weighted by Crippen LogP contribution is 2.37. The zero-order valence-corrected chi connectivity index (χ0v) is 15.9. The van der Waals surface area contributed by atoms with Gasteiger partial charge in [-0.05, 0) is 42.0 Å². The second kappa shape index (κ2) is 6.84. The van der Waals surface area contributed by atoms with Crippen molar-refractivity contribution in [3.05, 3.63) is 70.5 Å². The van der Waals surface area contributed by atoms with Crippen molar-refractivity contribution in [3.63, 3.8) is 0 Å². The SMILES string of the molecule is COc1ccc(OC)c(C2C=C(c3ccc(Br)cc3)Nc3ncnn32)c1. The summed E-state index contributed by atoms with van der Waals surface area (Å²) < 4.78 is 13.8. The molecule has 0 fully saturated rings. The summed E-state index contributed by atoms with van der Waals surface area (Å²) in [5.41, 5.74) is 2.98. The lowest BCUT2D eigenvalue weighted by atomic mass is 10.0. The summed E-state index contributed by atoms with van der Waals surface area (Å²) in [6.45, 7) is 0. The molecule has 0 bridgehead atoms. The molecule has 0 saturated carbocycles. The quantitative estimate of drug-likeness (QED) is 0.698. The van der Waals surface area contributed by atoms with Crippen LogP contribution < -0.4 is 14.8 Å². The van der Waals surface area contributed by atoms with Gasteiger partial charge in [-0.1, -0.05) is 28.1 Å². The van der Waals surface area contributed by atoms with Gasteiger partial charge in [0.15, 0.2) is 0 Å². The monoisotopic (exact) mass is 412 g/mol. The number of nitrogens with one attached hydrogen (secondary N) is 1. The van der Waals surface area contributed by atoms with E-state index in [4.69, 9.17) is 9.47 Å². The Hall–Kier alpha value is -2.80. The fourth-order valence-electron chi connectivity index (χ4n) is 3.02. The van der Waals surface area contributed by atoms with Crippen LogP contribution in [0, 0.1) is 0 Å². The number of methoxy groups -OCH3 is 2. The van der Waals surface area contributed by atoms with E-state index >= 15 is 0 Å². The van der Waals surface area contributed by atoms with E-state index in [2.05, 4.69) is 49.5 Å². The fraction of sp³-hybridized carbons (Fsp3) is 0.158. The van der Waals surface area contributed by atoms with Crippen LogP contribution >= 0.6 is 15.9 Å². The van der Waals surface area contributed by atoms with Gasteiger partial charge in [0.1, 0.15) is 23.9 Å². The van der Waals surface area contributed by atoms with Crippen LogP contribution in [0.15, 0.2) is 59.3 Å². The Bertz CT molecular complexity index is 966. The molecule has 2 heterocycles. The van der Waals surface area contributed by atoms with Gasteiger partial charge >= 0.3 is 0 Å². The molecule has 0 aliphatic carbocycles. The van der Waals surface area contributed by atoms with Crippen LogP contribution in [0.4, 0.5) is 5.95 Å². The molecule has 3 aromatic rings. The zero-order valence-electron chi connectivity index (χ0n) is 14.3. The van der Waals surface area contributed by atoms with Crippen molar-refractivity contribution in [3.8, 4) is 11.5 Å². The number of nitrogens with zero attached hydrogens (tertiary/aromatic N) is 3. The standard InChI is InChI=1S/C19H17BrN4O2/c1-25-14-7-8-18(26-2)15(9-14)17-10-16(12-3-5-13(20)6-4-12)23-19-21-11-22-24(17)19/h3-11,17H,1-2H3,(H,21,22,23). The van der Waals surface area contributed by atoms with Crippen molar-refractivity contribution in [1.82, 2.24) is 14.8 Å². The summed E-state index contributed by atoms with van der Waals surface area (Å²) in [5, 5.41) is 7.72. The van der Waals surface area contributed by atoms with Crippen molar-refractivity contribution >= 4 is 27.6 Å². The molecular weight excluding hydrogens is 396 g/mol. The van der Waals surface area contributed by atoms with Crippen molar-refractivity contribution in [2.45, 2.75) is 6.04 Å². The molecule has 0 radical (unpaired) electrons. The molecule has 0 saturated heterocycles. The van der Waals surface area contributed by atoms with Crippen LogP contribution in [0.2, 0.25) is 0 Å². The van der Waals surface area contributed by atoms with Crippen LogP contribution in [0.5, 0.6) is 11.5 Å². The number of allylic oxidation sites excluding steroid dienone is 1. The second-order valence-electron chi connectivity index (χ2n) is 5.79. The topological polar surface area (TPSA) is 61.2 Å². The lowest BCUT2D eigenvalue weighted by molar-refractivity contribution is 0.394. The first-order chi connectivity index (χ1) is 12.7. The Kier molecular flexibility index (Phi) is 4.38. The number of aromatic nitrogens is 3. The van der Waals surface area contributed by atoms with Crippen molar-refractivity contribution in [2.24, 2.45) is 0 Å². The number of fused-ring (bicyclic) bond motifs is 1.